The number of fused-ring (bicyclic) bond motifs is 1. The molecule has 0 saturated carbocycles. The molecule has 0 fully saturated rings. The molecule has 0 bridgehead atoms. The maximum atomic E-state index is 13.4. The second kappa shape index (κ2) is 9.34. The van der Waals surface area contributed by atoms with E-state index in [0.717, 1.165) is 11.1 Å². The zero-order chi connectivity index (χ0) is 25.3. The number of carbonyl (C=O) groups is 1. The molecule has 0 atom stereocenters. The minimum Gasteiger partial charge on any atom is -0.497 e. The number of aryl methyl sites for hydroxylation is 2. The van der Waals surface area contributed by atoms with Crippen LogP contribution in [0.5, 0.6) is 5.75 Å². The van der Waals surface area contributed by atoms with Gasteiger partial charge in [0.05, 0.1) is 17.4 Å². The number of benzene rings is 2. The van der Waals surface area contributed by atoms with E-state index in [2.05, 4.69) is 10.3 Å². The third-order valence-corrected chi connectivity index (χ3v) is 7.64. The van der Waals surface area contributed by atoms with Crippen LogP contribution in [0, 0.1) is 20.8 Å². The van der Waals surface area contributed by atoms with Gasteiger partial charge in [-0.15, -0.1) is 0 Å². The Bertz CT molecular complexity index is 1610. The van der Waals surface area contributed by atoms with E-state index in [4.69, 9.17) is 4.74 Å². The molecule has 8 nitrogen and oxygen atoms in total. The lowest BCUT2D eigenvalue weighted by Crippen LogP contribution is -2.24. The van der Waals surface area contributed by atoms with Crippen LogP contribution in [0.4, 0.5) is 5.69 Å². The number of nitrogens with one attached hydrogen (secondary N) is 1. The van der Waals surface area contributed by atoms with E-state index in [1.807, 2.05) is 26.0 Å². The predicted molar refractivity (Wildman–Crippen MR) is 134 cm³/mol. The zero-order valence-corrected chi connectivity index (χ0v) is 20.6. The molecule has 2 heterocycles. The molecule has 0 unspecified atom stereocenters. The van der Waals surface area contributed by atoms with Gasteiger partial charge in [0.25, 0.3) is 0 Å². The van der Waals surface area contributed by atoms with Crippen molar-refractivity contribution in [3.8, 4) is 5.75 Å². The minimum absolute atomic E-state index is 0.0544. The molecule has 2 aromatic heterocycles. The number of methoxy groups -OCH3 is 1. The van der Waals surface area contributed by atoms with Gasteiger partial charge >= 0.3 is 0 Å². The fraction of sp³-hybridized carbons (Fsp3) is 0.192. The summed E-state index contributed by atoms with van der Waals surface area (Å²) in [7, 11) is -2.70. The van der Waals surface area contributed by atoms with Gasteiger partial charge in [-0.1, -0.05) is 12.1 Å². The first-order chi connectivity index (χ1) is 16.6. The van der Waals surface area contributed by atoms with E-state index < -0.39 is 20.2 Å². The number of ether oxygens (including phenoxy) is 1. The normalized spacial score (nSPS) is 11.4. The average molecular weight is 492 g/mol. The van der Waals surface area contributed by atoms with Crippen molar-refractivity contribution in [1.29, 1.82) is 0 Å². The van der Waals surface area contributed by atoms with Crippen LogP contribution in [0.2, 0.25) is 0 Å². The van der Waals surface area contributed by atoms with Crippen molar-refractivity contribution in [2.45, 2.75) is 37.1 Å². The Balaban J connectivity index is 1.81. The summed E-state index contributed by atoms with van der Waals surface area (Å²) in [5.41, 5.74) is 2.82. The molecule has 180 valence electrons. The number of amides is 1. The molecule has 1 N–H and O–H groups in total. The molecule has 9 heteroatoms. The Hall–Kier alpha value is -3.98. The van der Waals surface area contributed by atoms with Crippen molar-refractivity contribution < 1.29 is 17.9 Å². The molecular weight excluding hydrogens is 466 g/mol. The topological polar surface area (TPSA) is 107 Å². The Morgan fingerprint density at radius 3 is 2.43 bits per heavy atom. The van der Waals surface area contributed by atoms with Gasteiger partial charge in [-0.25, -0.2) is 13.4 Å². The van der Waals surface area contributed by atoms with Gasteiger partial charge in [0.2, 0.25) is 21.2 Å². The van der Waals surface area contributed by atoms with Crippen molar-refractivity contribution in [2.24, 2.45) is 0 Å². The Kier molecular flexibility index (Phi) is 6.45. The highest BCUT2D eigenvalue weighted by atomic mass is 32.2. The van der Waals surface area contributed by atoms with Gasteiger partial charge in [0, 0.05) is 17.6 Å². The summed E-state index contributed by atoms with van der Waals surface area (Å²) in [4.78, 5) is 30.1. The van der Waals surface area contributed by atoms with E-state index >= 15 is 0 Å². The van der Waals surface area contributed by atoms with Gasteiger partial charge in [-0.05, 0) is 74.4 Å². The number of hydrogen-bond donors (Lipinski definition) is 1. The molecule has 0 aliphatic heterocycles. The Labute approximate surface area is 203 Å². The molecule has 35 heavy (non-hydrogen) atoms. The third kappa shape index (κ3) is 4.67. The lowest BCUT2D eigenvalue weighted by atomic mass is 10.1. The Morgan fingerprint density at radius 1 is 1.03 bits per heavy atom. The molecule has 4 rings (SSSR count). The molecule has 0 radical (unpaired) electrons. The number of aromatic nitrogens is 2. The highest BCUT2D eigenvalue weighted by Crippen LogP contribution is 2.23. The van der Waals surface area contributed by atoms with Gasteiger partial charge in [-0.2, -0.15) is 0 Å². The molecule has 1 amide bonds. The Morgan fingerprint density at radius 2 is 1.74 bits per heavy atom. The first-order valence-corrected chi connectivity index (χ1v) is 12.4. The SMILES string of the molecule is COc1ccc(S(=O)(=O)c2cn(CC(=O)Nc3cccc(C)c3C)c3nc(C)ccc3c2=O)cc1. The van der Waals surface area contributed by atoms with Crippen LogP contribution in [-0.4, -0.2) is 31.0 Å². The first kappa shape index (κ1) is 24.2. The average Bonchev–Trinajstić information content (AvgIpc) is 2.83. The summed E-state index contributed by atoms with van der Waals surface area (Å²) in [5, 5.41) is 2.98. The van der Waals surface area contributed by atoms with Crippen molar-refractivity contribution in [3.63, 3.8) is 0 Å². The second-order valence-corrected chi connectivity index (χ2v) is 10.2. The van der Waals surface area contributed by atoms with Crippen LogP contribution in [0.15, 0.2) is 75.4 Å². The van der Waals surface area contributed by atoms with Crippen LogP contribution in [0.1, 0.15) is 16.8 Å². The quantitative estimate of drug-likeness (QED) is 0.440. The van der Waals surface area contributed by atoms with E-state index in [1.165, 1.54) is 48.2 Å². The highest BCUT2D eigenvalue weighted by molar-refractivity contribution is 7.91. The molecule has 0 aliphatic carbocycles. The van der Waals surface area contributed by atoms with Gasteiger partial charge in [-0.3, -0.25) is 9.59 Å². The van der Waals surface area contributed by atoms with Gasteiger partial charge < -0.3 is 14.6 Å². The van der Waals surface area contributed by atoms with Crippen LogP contribution < -0.4 is 15.5 Å². The summed E-state index contributed by atoms with van der Waals surface area (Å²) < 4.78 is 33.3. The van der Waals surface area contributed by atoms with Crippen molar-refractivity contribution in [3.05, 3.63) is 87.8 Å². The van der Waals surface area contributed by atoms with Crippen LogP contribution in [0.25, 0.3) is 11.0 Å². The van der Waals surface area contributed by atoms with E-state index in [0.29, 0.717) is 17.1 Å². The van der Waals surface area contributed by atoms with Crippen LogP contribution in [0.3, 0.4) is 0 Å². The summed E-state index contributed by atoms with van der Waals surface area (Å²) in [6.07, 6.45) is 1.19. The third-order valence-electron chi connectivity index (χ3n) is 5.88. The fourth-order valence-corrected chi connectivity index (χ4v) is 5.13. The predicted octanol–water partition coefficient (Wildman–Crippen LogP) is 3.80. The monoisotopic (exact) mass is 491 g/mol. The maximum absolute atomic E-state index is 13.4. The zero-order valence-electron chi connectivity index (χ0n) is 19.8. The minimum atomic E-state index is -4.17. The fourth-order valence-electron chi connectivity index (χ4n) is 3.76. The molecule has 0 saturated heterocycles. The standard InChI is InChI=1S/C26H25N3O5S/c1-16-6-5-7-22(18(16)3)28-24(30)15-29-14-23(25(31)21-13-8-17(2)27-26(21)29)35(32,33)20-11-9-19(34-4)10-12-20/h5-14H,15H2,1-4H3,(H,28,30). The van der Waals surface area contributed by atoms with Crippen LogP contribution in [-0.2, 0) is 21.2 Å². The summed E-state index contributed by atoms with van der Waals surface area (Å²) in [6, 6.07) is 14.5. The molecular formula is C26H25N3O5S. The molecule has 4 aromatic rings. The maximum Gasteiger partial charge on any atom is 0.244 e. The lowest BCUT2D eigenvalue weighted by Gasteiger charge is -2.15. The van der Waals surface area contributed by atoms with E-state index in [1.54, 1.807) is 19.1 Å². The highest BCUT2D eigenvalue weighted by Gasteiger charge is 2.25. The number of pyridine rings is 2. The summed E-state index contributed by atoms with van der Waals surface area (Å²) >= 11 is 0. The number of rotatable bonds is 6. The first-order valence-electron chi connectivity index (χ1n) is 10.9. The van der Waals surface area contributed by atoms with Gasteiger partial charge in [0.15, 0.2) is 0 Å². The summed E-state index contributed by atoms with van der Waals surface area (Å²) in [6.45, 7) is 5.38. The molecule has 0 spiro atoms. The molecule has 0 aliphatic rings. The number of carbonyl (C=O) groups excluding carboxylic acids is 1. The van der Waals surface area contributed by atoms with Crippen molar-refractivity contribution in [2.75, 3.05) is 12.4 Å². The van der Waals surface area contributed by atoms with Crippen LogP contribution >= 0.6 is 0 Å². The number of hydrogen-bond acceptors (Lipinski definition) is 6. The number of anilines is 1. The number of sulfone groups is 1. The smallest absolute Gasteiger partial charge is 0.244 e. The summed E-state index contributed by atoms with van der Waals surface area (Å²) in [5.74, 6) is 0.113. The van der Waals surface area contributed by atoms with Crippen molar-refractivity contribution in [1.82, 2.24) is 9.55 Å². The van der Waals surface area contributed by atoms with E-state index in [-0.39, 0.29) is 28.4 Å². The largest absolute Gasteiger partial charge is 0.497 e. The van der Waals surface area contributed by atoms with Crippen molar-refractivity contribution >= 4 is 32.5 Å². The second-order valence-electron chi connectivity index (χ2n) is 8.25. The van der Waals surface area contributed by atoms with Gasteiger partial charge in [0.1, 0.15) is 22.8 Å². The van der Waals surface area contributed by atoms with E-state index in [9.17, 15) is 18.0 Å². The molecule has 2 aromatic carbocycles. The number of nitrogens with zero attached hydrogens (tertiary/aromatic N) is 2. The lowest BCUT2D eigenvalue weighted by molar-refractivity contribution is -0.116.